The van der Waals surface area contributed by atoms with Crippen molar-refractivity contribution in [3.63, 3.8) is 0 Å². The summed E-state index contributed by atoms with van der Waals surface area (Å²) in [6.45, 7) is 0.535. The number of thioether (sulfide) groups is 1. The number of hydrogen-bond donors (Lipinski definition) is 1. The van der Waals surface area contributed by atoms with Gasteiger partial charge in [0.25, 0.3) is 0 Å². The zero-order chi connectivity index (χ0) is 15.5. The number of nitrogens with one attached hydrogen (secondary N) is 1. The molecule has 2 rings (SSSR count). The van der Waals surface area contributed by atoms with Gasteiger partial charge in [-0.1, -0.05) is 18.2 Å². The normalized spacial score (nSPS) is 21.7. The number of carbonyl (C=O) groups is 1. The van der Waals surface area contributed by atoms with Crippen molar-refractivity contribution in [3.8, 4) is 0 Å². The maximum Gasteiger partial charge on any atom is 0.401 e. The molecular weight excluding hydrogens is 303 g/mol. The molecule has 1 aliphatic rings. The van der Waals surface area contributed by atoms with Crippen molar-refractivity contribution in [3.05, 3.63) is 29.8 Å². The van der Waals surface area contributed by atoms with Crippen LogP contribution < -0.4 is 5.32 Å². The highest BCUT2D eigenvalue weighted by Gasteiger charge is 2.46. The van der Waals surface area contributed by atoms with E-state index in [9.17, 15) is 18.0 Å². The quantitative estimate of drug-likeness (QED) is 0.866. The van der Waals surface area contributed by atoms with Crippen LogP contribution in [0.15, 0.2) is 29.2 Å². The summed E-state index contributed by atoms with van der Waals surface area (Å²) < 4.78 is 42.8. The molecular formula is C14H16F3NO2S. The van der Waals surface area contributed by atoms with Gasteiger partial charge in [-0.2, -0.15) is 13.2 Å². The highest BCUT2D eigenvalue weighted by Crippen LogP contribution is 2.41. The van der Waals surface area contributed by atoms with Crippen LogP contribution in [0.5, 0.6) is 0 Å². The Morgan fingerprint density at radius 2 is 2.14 bits per heavy atom. The van der Waals surface area contributed by atoms with E-state index in [1.54, 1.807) is 25.1 Å². The molecule has 1 unspecified atom stereocenters. The maximum atomic E-state index is 12.6. The largest absolute Gasteiger partial charge is 0.464 e. The molecule has 0 amide bonds. The lowest BCUT2D eigenvalue weighted by molar-refractivity contribution is -0.157. The highest BCUT2D eigenvalue weighted by molar-refractivity contribution is 7.99. The maximum absolute atomic E-state index is 12.6. The first kappa shape index (κ1) is 16.2. The van der Waals surface area contributed by atoms with Crippen LogP contribution in [-0.2, 0) is 15.1 Å². The third kappa shape index (κ3) is 3.52. The van der Waals surface area contributed by atoms with E-state index in [1.807, 2.05) is 6.07 Å². The lowest BCUT2D eigenvalue weighted by atomic mass is 9.86. The smallest absolute Gasteiger partial charge is 0.401 e. The summed E-state index contributed by atoms with van der Waals surface area (Å²) in [6, 6.07) is 7.01. The van der Waals surface area contributed by atoms with Crippen molar-refractivity contribution in [2.45, 2.75) is 30.0 Å². The molecule has 0 aliphatic carbocycles. The topological polar surface area (TPSA) is 38.3 Å². The first-order valence-corrected chi connectivity index (χ1v) is 7.59. The number of esters is 1. The van der Waals surface area contributed by atoms with Crippen molar-refractivity contribution in [2.24, 2.45) is 0 Å². The second kappa shape index (κ2) is 6.27. The minimum absolute atomic E-state index is 0.129. The van der Waals surface area contributed by atoms with E-state index < -0.39 is 24.2 Å². The average molecular weight is 319 g/mol. The van der Waals surface area contributed by atoms with Crippen molar-refractivity contribution in [1.29, 1.82) is 0 Å². The highest BCUT2D eigenvalue weighted by atomic mass is 32.2. The molecule has 1 aromatic carbocycles. The molecule has 3 nitrogen and oxygen atoms in total. The SMILES string of the molecule is CCOC(=O)C1(NCC(F)(F)F)CCSc2ccccc21. The molecule has 0 aromatic heterocycles. The molecule has 7 heteroatoms. The van der Waals surface area contributed by atoms with E-state index >= 15 is 0 Å². The molecule has 1 heterocycles. The number of benzene rings is 1. The summed E-state index contributed by atoms with van der Waals surface area (Å²) in [5.41, 5.74) is -0.864. The van der Waals surface area contributed by atoms with Crippen molar-refractivity contribution < 1.29 is 22.7 Å². The number of alkyl halides is 3. The van der Waals surface area contributed by atoms with Gasteiger partial charge < -0.3 is 4.74 Å². The van der Waals surface area contributed by atoms with Crippen molar-refractivity contribution >= 4 is 17.7 Å². The van der Waals surface area contributed by atoms with Crippen LogP contribution >= 0.6 is 11.8 Å². The Balaban J connectivity index is 2.40. The van der Waals surface area contributed by atoms with E-state index in [1.165, 1.54) is 11.8 Å². The summed E-state index contributed by atoms with van der Waals surface area (Å²) in [4.78, 5) is 13.1. The Morgan fingerprint density at radius 3 is 2.81 bits per heavy atom. The van der Waals surface area contributed by atoms with E-state index in [2.05, 4.69) is 5.32 Å². The summed E-state index contributed by atoms with van der Waals surface area (Å²) >= 11 is 1.53. The molecule has 0 radical (unpaired) electrons. The van der Waals surface area contributed by atoms with Gasteiger partial charge in [0, 0.05) is 10.6 Å². The predicted molar refractivity (Wildman–Crippen MR) is 74.2 cm³/mol. The zero-order valence-electron chi connectivity index (χ0n) is 11.5. The summed E-state index contributed by atoms with van der Waals surface area (Å²) in [5, 5.41) is 2.40. The Kier molecular flexibility index (Phi) is 4.83. The number of fused-ring (bicyclic) bond motifs is 1. The molecule has 1 aliphatic heterocycles. The van der Waals surface area contributed by atoms with Crippen LogP contribution in [0.1, 0.15) is 18.9 Å². The molecule has 0 bridgehead atoms. The average Bonchev–Trinajstić information content (AvgIpc) is 2.44. The van der Waals surface area contributed by atoms with E-state index in [4.69, 9.17) is 4.74 Å². The van der Waals surface area contributed by atoms with Gasteiger partial charge in [-0.25, -0.2) is 4.79 Å². The molecule has 0 fully saturated rings. The fourth-order valence-corrected chi connectivity index (χ4v) is 3.57. The number of carbonyl (C=O) groups excluding carboxylic acids is 1. The van der Waals surface area contributed by atoms with Gasteiger partial charge >= 0.3 is 12.1 Å². The van der Waals surface area contributed by atoms with Crippen LogP contribution in [0.25, 0.3) is 0 Å². The summed E-state index contributed by atoms with van der Waals surface area (Å²) in [6.07, 6.45) is -4.12. The Labute approximate surface area is 125 Å². The second-order valence-electron chi connectivity index (χ2n) is 4.69. The zero-order valence-corrected chi connectivity index (χ0v) is 12.3. The van der Waals surface area contributed by atoms with Gasteiger partial charge in [0.05, 0.1) is 13.2 Å². The fourth-order valence-electron chi connectivity index (χ4n) is 2.37. The van der Waals surface area contributed by atoms with Gasteiger partial charge in [-0.3, -0.25) is 5.32 Å². The van der Waals surface area contributed by atoms with Gasteiger partial charge in [0.15, 0.2) is 0 Å². The predicted octanol–water partition coefficient (Wildman–Crippen LogP) is 3.09. The summed E-state index contributed by atoms with van der Waals surface area (Å²) in [7, 11) is 0. The fraction of sp³-hybridized carbons (Fsp3) is 0.500. The van der Waals surface area contributed by atoms with E-state index in [-0.39, 0.29) is 13.0 Å². The standard InChI is InChI=1S/C14H16F3NO2S/c1-2-20-12(19)13(18-9-14(15,16)17)7-8-21-11-6-4-3-5-10(11)13/h3-6,18H,2,7-9H2,1H3. The van der Waals surface area contributed by atoms with Crippen molar-refractivity contribution in [1.82, 2.24) is 5.32 Å². The van der Waals surface area contributed by atoms with Gasteiger partial charge in [-0.05, 0) is 25.0 Å². The third-order valence-corrected chi connectivity index (χ3v) is 4.37. The number of hydrogen-bond acceptors (Lipinski definition) is 4. The molecule has 1 aromatic rings. The van der Waals surface area contributed by atoms with Crippen LogP contribution in [0, 0.1) is 0 Å². The number of halogens is 3. The lowest BCUT2D eigenvalue weighted by Crippen LogP contribution is -2.54. The molecule has 0 saturated carbocycles. The first-order chi connectivity index (χ1) is 9.89. The van der Waals surface area contributed by atoms with Crippen molar-refractivity contribution in [2.75, 3.05) is 18.9 Å². The third-order valence-electron chi connectivity index (χ3n) is 3.30. The molecule has 0 saturated heterocycles. The molecule has 0 spiro atoms. The number of ether oxygens (including phenoxy) is 1. The van der Waals surface area contributed by atoms with Crippen LogP contribution in [0.2, 0.25) is 0 Å². The second-order valence-corrected chi connectivity index (χ2v) is 5.83. The Morgan fingerprint density at radius 1 is 1.43 bits per heavy atom. The number of rotatable bonds is 4. The Bertz CT molecular complexity index is 521. The molecule has 116 valence electrons. The van der Waals surface area contributed by atoms with E-state index in [0.29, 0.717) is 11.3 Å². The molecule has 1 N–H and O–H groups in total. The first-order valence-electron chi connectivity index (χ1n) is 6.60. The van der Waals surface area contributed by atoms with Crippen LogP contribution in [0.4, 0.5) is 13.2 Å². The van der Waals surface area contributed by atoms with Crippen LogP contribution in [-0.4, -0.2) is 31.1 Å². The monoisotopic (exact) mass is 319 g/mol. The minimum Gasteiger partial charge on any atom is -0.464 e. The van der Waals surface area contributed by atoms with Gasteiger partial charge in [0.2, 0.25) is 0 Å². The van der Waals surface area contributed by atoms with E-state index in [0.717, 1.165) is 4.90 Å². The van der Waals surface area contributed by atoms with Crippen LogP contribution in [0.3, 0.4) is 0 Å². The lowest BCUT2D eigenvalue weighted by Gasteiger charge is -2.37. The molecule has 21 heavy (non-hydrogen) atoms. The summed E-state index contributed by atoms with van der Waals surface area (Å²) in [5.74, 6) is -0.0947. The van der Waals surface area contributed by atoms with Gasteiger partial charge in [-0.15, -0.1) is 11.8 Å². The minimum atomic E-state index is -4.39. The molecule has 1 atom stereocenters. The Hall–Kier alpha value is -1.21. The van der Waals surface area contributed by atoms with Gasteiger partial charge in [0.1, 0.15) is 5.54 Å².